The van der Waals surface area contributed by atoms with E-state index in [0.29, 0.717) is 10.8 Å². The maximum Gasteiger partial charge on any atom is 0.433 e. The van der Waals surface area contributed by atoms with Gasteiger partial charge in [-0.3, -0.25) is 5.41 Å². The van der Waals surface area contributed by atoms with Crippen LogP contribution in [0.15, 0.2) is 66.2 Å². The maximum absolute atomic E-state index is 14.2. The molecule has 3 N–H and O–H groups in total. The Hall–Kier alpha value is -3.57. The van der Waals surface area contributed by atoms with Gasteiger partial charge in [0.25, 0.3) is 0 Å². The SMILES string of the molecule is CO.N=C(/C(=C/c1cnn(C2C=CC=CC(F)=C2)c1C(F)(F)F)C(=O)O)c1c(F)cccc1Cl. The molecule has 0 fully saturated rings. The molecule has 1 aromatic heterocycles. The van der Waals surface area contributed by atoms with Crippen molar-refractivity contribution in [2.24, 2.45) is 0 Å². The van der Waals surface area contributed by atoms with Crippen LogP contribution in [0.5, 0.6) is 0 Å². The fourth-order valence-electron chi connectivity index (χ4n) is 3.02. The quantitative estimate of drug-likeness (QED) is 0.292. The van der Waals surface area contributed by atoms with Gasteiger partial charge < -0.3 is 10.2 Å². The number of aliphatic hydroxyl groups excluding tert-OH is 1. The van der Waals surface area contributed by atoms with Crippen molar-refractivity contribution < 1.29 is 37.0 Å². The van der Waals surface area contributed by atoms with Crippen LogP contribution in [0.2, 0.25) is 5.02 Å². The normalized spacial score (nSPS) is 15.8. The minimum atomic E-state index is -5.01. The Labute approximate surface area is 195 Å². The predicted octanol–water partition coefficient (Wildman–Crippen LogP) is 5.36. The van der Waals surface area contributed by atoms with Gasteiger partial charge in [-0.1, -0.05) is 35.9 Å². The molecule has 0 saturated heterocycles. The first kappa shape index (κ1) is 26.7. The summed E-state index contributed by atoms with van der Waals surface area (Å²) in [5.74, 6) is -3.58. The Morgan fingerprint density at radius 3 is 2.50 bits per heavy atom. The molecule has 1 atom stereocenters. The van der Waals surface area contributed by atoms with E-state index in [0.717, 1.165) is 31.5 Å². The Morgan fingerprint density at radius 1 is 1.24 bits per heavy atom. The summed E-state index contributed by atoms with van der Waals surface area (Å²) in [6.45, 7) is 0. The summed E-state index contributed by atoms with van der Waals surface area (Å²) in [6.07, 6.45) is 2.12. The summed E-state index contributed by atoms with van der Waals surface area (Å²) >= 11 is 5.86. The Kier molecular flexibility index (Phi) is 8.66. The number of aromatic nitrogens is 2. The molecule has 0 saturated carbocycles. The molecular formula is C22H17ClF5N3O3. The second-order valence-electron chi connectivity index (χ2n) is 6.51. The third-order valence-corrected chi connectivity index (χ3v) is 4.71. The second kappa shape index (κ2) is 11.0. The molecule has 1 heterocycles. The summed E-state index contributed by atoms with van der Waals surface area (Å²) < 4.78 is 70.0. The number of nitrogens with one attached hydrogen (secondary N) is 1. The Balaban J connectivity index is 0.00000199. The van der Waals surface area contributed by atoms with Gasteiger partial charge in [-0.15, -0.1) is 0 Å². The van der Waals surface area contributed by atoms with Crippen molar-refractivity contribution >= 4 is 29.4 Å². The number of carboxylic acid groups (broad SMARTS) is 1. The average Bonchev–Trinajstić information content (AvgIpc) is 3.07. The van der Waals surface area contributed by atoms with Gasteiger partial charge in [-0.2, -0.15) is 18.3 Å². The molecule has 12 heteroatoms. The van der Waals surface area contributed by atoms with E-state index < -0.39 is 57.9 Å². The highest BCUT2D eigenvalue weighted by Crippen LogP contribution is 2.36. The zero-order valence-corrected chi connectivity index (χ0v) is 18.1. The van der Waals surface area contributed by atoms with Gasteiger partial charge in [0.05, 0.1) is 34.1 Å². The van der Waals surface area contributed by atoms with Gasteiger partial charge in [0.15, 0.2) is 5.69 Å². The first-order valence-corrected chi connectivity index (χ1v) is 9.68. The number of hydrogen-bond acceptors (Lipinski definition) is 4. The lowest BCUT2D eigenvalue weighted by Crippen LogP contribution is -2.19. The molecule has 2 aromatic rings. The molecule has 1 unspecified atom stereocenters. The summed E-state index contributed by atoms with van der Waals surface area (Å²) in [7, 11) is 1.00. The molecule has 1 aliphatic carbocycles. The van der Waals surface area contributed by atoms with Crippen LogP contribution in [0, 0.1) is 11.2 Å². The highest BCUT2D eigenvalue weighted by atomic mass is 35.5. The zero-order chi connectivity index (χ0) is 25.6. The van der Waals surface area contributed by atoms with Crippen LogP contribution < -0.4 is 0 Å². The smallest absolute Gasteiger partial charge is 0.433 e. The molecule has 0 spiro atoms. The molecule has 3 rings (SSSR count). The third kappa shape index (κ3) is 5.86. The van der Waals surface area contributed by atoms with Crippen molar-refractivity contribution in [3.05, 3.63) is 93.8 Å². The fourth-order valence-corrected chi connectivity index (χ4v) is 3.28. The Morgan fingerprint density at radius 2 is 1.91 bits per heavy atom. The molecule has 0 radical (unpaired) electrons. The number of hydrogen-bond donors (Lipinski definition) is 3. The fraction of sp³-hybridized carbons (Fsp3) is 0.136. The van der Waals surface area contributed by atoms with E-state index in [1.165, 1.54) is 30.4 Å². The van der Waals surface area contributed by atoms with E-state index in [2.05, 4.69) is 5.10 Å². The average molecular weight is 502 g/mol. The lowest BCUT2D eigenvalue weighted by atomic mass is 9.99. The van der Waals surface area contributed by atoms with Crippen LogP contribution in [0.4, 0.5) is 22.0 Å². The molecule has 1 aliphatic rings. The lowest BCUT2D eigenvalue weighted by molar-refractivity contribution is -0.144. The second-order valence-corrected chi connectivity index (χ2v) is 6.92. The number of benzene rings is 1. The molecular weight excluding hydrogens is 485 g/mol. The maximum atomic E-state index is 14.2. The van der Waals surface area contributed by atoms with Crippen molar-refractivity contribution in [1.29, 1.82) is 5.41 Å². The minimum absolute atomic E-state index is 0.286. The topological polar surface area (TPSA) is 99.2 Å². The van der Waals surface area contributed by atoms with Crippen LogP contribution in [-0.4, -0.2) is 38.8 Å². The van der Waals surface area contributed by atoms with Crippen molar-refractivity contribution in [2.45, 2.75) is 12.2 Å². The third-order valence-electron chi connectivity index (χ3n) is 4.39. The van der Waals surface area contributed by atoms with Crippen LogP contribution >= 0.6 is 11.6 Å². The number of aliphatic hydroxyl groups is 1. The van der Waals surface area contributed by atoms with Gasteiger partial charge in [0, 0.05) is 12.7 Å². The molecule has 0 bridgehead atoms. The van der Waals surface area contributed by atoms with Crippen molar-refractivity contribution in [2.75, 3.05) is 7.11 Å². The van der Waals surface area contributed by atoms with E-state index in [9.17, 15) is 31.9 Å². The van der Waals surface area contributed by atoms with Crippen molar-refractivity contribution in [3.8, 4) is 0 Å². The van der Waals surface area contributed by atoms with Gasteiger partial charge in [-0.25, -0.2) is 18.3 Å². The van der Waals surface area contributed by atoms with Gasteiger partial charge >= 0.3 is 12.1 Å². The molecule has 0 aliphatic heterocycles. The van der Waals surface area contributed by atoms with Crippen LogP contribution in [0.1, 0.15) is 22.9 Å². The molecule has 34 heavy (non-hydrogen) atoms. The van der Waals surface area contributed by atoms with Crippen molar-refractivity contribution in [3.63, 3.8) is 0 Å². The highest BCUT2D eigenvalue weighted by Gasteiger charge is 2.39. The number of rotatable bonds is 5. The first-order chi connectivity index (χ1) is 16.0. The summed E-state index contributed by atoms with van der Waals surface area (Å²) in [4.78, 5) is 11.7. The minimum Gasteiger partial charge on any atom is -0.478 e. The largest absolute Gasteiger partial charge is 0.478 e. The lowest BCUT2D eigenvalue weighted by Gasteiger charge is -2.16. The standard InChI is InChI=1S/C21H13ClF5N3O2.CH4O/c22-15-6-3-7-16(24)17(15)18(28)14(20(31)32)8-11-10-29-30(19(11)21(25,26)27)13-5-2-1-4-12(23)9-13;1-2/h1-10,13,28H,(H,31,32);2H,1H3/b14-8-,28-18?;. The number of carboxylic acids is 1. The molecule has 6 nitrogen and oxygen atoms in total. The van der Waals surface area contributed by atoms with Gasteiger partial charge in [-0.05, 0) is 30.4 Å². The van der Waals surface area contributed by atoms with E-state index in [4.69, 9.17) is 22.1 Å². The number of aliphatic carboxylic acids is 1. The van der Waals surface area contributed by atoms with Gasteiger partial charge in [0.1, 0.15) is 11.6 Å². The number of allylic oxidation sites excluding steroid dienone is 6. The van der Waals surface area contributed by atoms with E-state index in [-0.39, 0.29) is 5.02 Å². The number of nitrogens with zero attached hydrogens (tertiary/aromatic N) is 2. The van der Waals surface area contributed by atoms with E-state index in [1.54, 1.807) is 0 Å². The number of alkyl halides is 3. The highest BCUT2D eigenvalue weighted by molar-refractivity contribution is 6.38. The number of halogens is 6. The summed E-state index contributed by atoms with van der Waals surface area (Å²) in [6, 6.07) is 2.12. The van der Waals surface area contributed by atoms with E-state index in [1.807, 2.05) is 0 Å². The van der Waals surface area contributed by atoms with Crippen LogP contribution in [0.3, 0.4) is 0 Å². The van der Waals surface area contributed by atoms with E-state index >= 15 is 0 Å². The zero-order valence-electron chi connectivity index (χ0n) is 17.3. The molecule has 0 amide bonds. The van der Waals surface area contributed by atoms with Crippen molar-refractivity contribution in [1.82, 2.24) is 9.78 Å². The Bertz CT molecular complexity index is 1190. The van der Waals surface area contributed by atoms with Crippen LogP contribution in [-0.2, 0) is 11.0 Å². The van der Waals surface area contributed by atoms with Gasteiger partial charge in [0.2, 0.25) is 0 Å². The van der Waals surface area contributed by atoms with Crippen LogP contribution in [0.25, 0.3) is 6.08 Å². The number of carbonyl (C=O) groups is 1. The molecule has 1 aromatic carbocycles. The predicted molar refractivity (Wildman–Crippen MR) is 116 cm³/mol. The molecule has 180 valence electrons. The monoisotopic (exact) mass is 501 g/mol. The summed E-state index contributed by atoms with van der Waals surface area (Å²) in [5.41, 5.74) is -4.52. The summed E-state index contributed by atoms with van der Waals surface area (Å²) in [5, 5.41) is 28.0. The first-order valence-electron chi connectivity index (χ1n) is 9.30.